The molecule has 0 radical (unpaired) electrons. The minimum absolute atomic E-state index is 0.0229. The molecule has 1 aromatic rings. The van der Waals surface area contributed by atoms with Crippen molar-refractivity contribution < 1.29 is 9.50 Å². The van der Waals surface area contributed by atoms with E-state index in [4.69, 9.17) is 5.73 Å². The summed E-state index contributed by atoms with van der Waals surface area (Å²) in [6.45, 7) is 2.53. The SMILES string of the molecule is CC(CN)Cc1ccc(F)c(Br)c1O. The first-order chi connectivity index (χ1) is 6.56. The van der Waals surface area contributed by atoms with Crippen LogP contribution in [0.15, 0.2) is 16.6 Å². The number of rotatable bonds is 3. The van der Waals surface area contributed by atoms with Gasteiger partial charge in [0.2, 0.25) is 0 Å². The van der Waals surface area contributed by atoms with Crippen molar-refractivity contribution in [1.82, 2.24) is 0 Å². The third-order valence-electron chi connectivity index (χ3n) is 2.12. The topological polar surface area (TPSA) is 46.2 Å². The second-order valence-corrected chi connectivity index (χ2v) is 4.21. The molecule has 14 heavy (non-hydrogen) atoms. The second-order valence-electron chi connectivity index (χ2n) is 3.41. The third kappa shape index (κ3) is 2.45. The van der Waals surface area contributed by atoms with Crippen molar-refractivity contribution in [2.24, 2.45) is 11.7 Å². The van der Waals surface area contributed by atoms with Crippen LogP contribution >= 0.6 is 15.9 Å². The molecular weight excluding hydrogens is 249 g/mol. The van der Waals surface area contributed by atoms with E-state index in [-0.39, 0.29) is 16.1 Å². The Morgan fingerprint density at radius 2 is 2.21 bits per heavy atom. The van der Waals surface area contributed by atoms with Gasteiger partial charge in [-0.05, 0) is 46.4 Å². The van der Waals surface area contributed by atoms with Crippen molar-refractivity contribution >= 4 is 15.9 Å². The van der Waals surface area contributed by atoms with E-state index < -0.39 is 5.82 Å². The van der Waals surface area contributed by atoms with Gasteiger partial charge in [0.25, 0.3) is 0 Å². The minimum Gasteiger partial charge on any atom is -0.506 e. The second kappa shape index (κ2) is 4.75. The largest absolute Gasteiger partial charge is 0.506 e. The maximum Gasteiger partial charge on any atom is 0.141 e. The maximum absolute atomic E-state index is 12.9. The molecule has 0 saturated carbocycles. The van der Waals surface area contributed by atoms with Crippen LogP contribution in [0, 0.1) is 11.7 Å². The lowest BCUT2D eigenvalue weighted by Gasteiger charge is -2.11. The lowest BCUT2D eigenvalue weighted by atomic mass is 10.0. The highest BCUT2D eigenvalue weighted by molar-refractivity contribution is 9.10. The molecule has 0 heterocycles. The summed E-state index contributed by atoms with van der Waals surface area (Å²) >= 11 is 2.99. The first kappa shape index (κ1) is 11.5. The Labute approximate surface area is 91.1 Å². The van der Waals surface area contributed by atoms with Gasteiger partial charge in [-0.15, -0.1) is 0 Å². The molecule has 3 N–H and O–H groups in total. The van der Waals surface area contributed by atoms with Gasteiger partial charge in [0, 0.05) is 0 Å². The van der Waals surface area contributed by atoms with E-state index >= 15 is 0 Å². The Morgan fingerprint density at radius 1 is 1.57 bits per heavy atom. The highest BCUT2D eigenvalue weighted by Gasteiger charge is 2.11. The predicted octanol–water partition coefficient (Wildman–Crippen LogP) is 2.43. The number of halogens is 2. The summed E-state index contributed by atoms with van der Waals surface area (Å²) in [5.74, 6) is -0.199. The van der Waals surface area contributed by atoms with Crippen LogP contribution in [0.25, 0.3) is 0 Å². The number of phenols is 1. The molecule has 0 bridgehead atoms. The van der Waals surface area contributed by atoms with Crippen molar-refractivity contribution in [3.63, 3.8) is 0 Å². The Morgan fingerprint density at radius 3 is 2.79 bits per heavy atom. The zero-order valence-electron chi connectivity index (χ0n) is 7.93. The fourth-order valence-electron chi connectivity index (χ4n) is 1.20. The predicted molar refractivity (Wildman–Crippen MR) is 57.7 cm³/mol. The lowest BCUT2D eigenvalue weighted by molar-refractivity contribution is 0.449. The van der Waals surface area contributed by atoms with Crippen molar-refractivity contribution in [2.45, 2.75) is 13.3 Å². The number of hydrogen-bond acceptors (Lipinski definition) is 2. The number of hydrogen-bond donors (Lipinski definition) is 2. The molecule has 0 aliphatic carbocycles. The minimum atomic E-state index is -0.452. The van der Waals surface area contributed by atoms with Crippen LogP contribution in [0.5, 0.6) is 5.75 Å². The summed E-state index contributed by atoms with van der Waals surface area (Å²) < 4.78 is 13.1. The van der Waals surface area contributed by atoms with Crippen LogP contribution in [-0.2, 0) is 6.42 Å². The van der Waals surface area contributed by atoms with Gasteiger partial charge in [0.05, 0.1) is 4.47 Å². The lowest BCUT2D eigenvalue weighted by Crippen LogP contribution is -2.13. The van der Waals surface area contributed by atoms with Gasteiger partial charge in [0.15, 0.2) is 0 Å². The van der Waals surface area contributed by atoms with Crippen LogP contribution in [0.2, 0.25) is 0 Å². The van der Waals surface area contributed by atoms with Crippen molar-refractivity contribution in [3.05, 3.63) is 28.0 Å². The zero-order chi connectivity index (χ0) is 10.7. The molecule has 1 atom stereocenters. The standard InChI is InChI=1S/C10H13BrFNO/c1-6(5-13)4-7-2-3-8(12)9(11)10(7)14/h2-3,6,14H,4-5,13H2,1H3. The van der Waals surface area contributed by atoms with Crippen LogP contribution < -0.4 is 5.73 Å². The van der Waals surface area contributed by atoms with Crippen molar-refractivity contribution in [3.8, 4) is 5.75 Å². The highest BCUT2D eigenvalue weighted by Crippen LogP contribution is 2.31. The molecule has 0 aromatic heterocycles. The van der Waals surface area contributed by atoms with Crippen LogP contribution in [-0.4, -0.2) is 11.7 Å². The number of nitrogens with two attached hydrogens (primary N) is 1. The molecule has 1 unspecified atom stereocenters. The molecule has 1 aromatic carbocycles. The van der Waals surface area contributed by atoms with Gasteiger partial charge in [-0.1, -0.05) is 13.0 Å². The van der Waals surface area contributed by atoms with Gasteiger partial charge in [-0.2, -0.15) is 0 Å². The van der Waals surface area contributed by atoms with Crippen molar-refractivity contribution in [1.29, 1.82) is 0 Å². The van der Waals surface area contributed by atoms with Crippen LogP contribution in [0.4, 0.5) is 4.39 Å². The van der Waals surface area contributed by atoms with Crippen molar-refractivity contribution in [2.75, 3.05) is 6.54 Å². The zero-order valence-corrected chi connectivity index (χ0v) is 9.51. The van der Waals surface area contributed by atoms with E-state index in [2.05, 4.69) is 15.9 Å². The normalized spacial score (nSPS) is 12.9. The summed E-state index contributed by atoms with van der Waals surface area (Å²) in [7, 11) is 0. The molecule has 0 aliphatic rings. The van der Waals surface area contributed by atoms with E-state index in [0.717, 1.165) is 5.56 Å². The first-order valence-electron chi connectivity index (χ1n) is 4.42. The van der Waals surface area contributed by atoms with Crippen LogP contribution in [0.3, 0.4) is 0 Å². The monoisotopic (exact) mass is 261 g/mol. The van der Waals surface area contributed by atoms with Crippen LogP contribution in [0.1, 0.15) is 12.5 Å². The molecule has 0 amide bonds. The van der Waals surface area contributed by atoms with Gasteiger partial charge < -0.3 is 10.8 Å². The van der Waals surface area contributed by atoms with E-state index in [1.165, 1.54) is 6.07 Å². The molecule has 4 heteroatoms. The fraction of sp³-hybridized carbons (Fsp3) is 0.400. The quantitative estimate of drug-likeness (QED) is 0.878. The first-order valence-corrected chi connectivity index (χ1v) is 5.21. The molecule has 0 saturated heterocycles. The van der Waals surface area contributed by atoms with Gasteiger partial charge in [-0.25, -0.2) is 4.39 Å². The number of phenolic OH excluding ortho intramolecular Hbond substituents is 1. The summed E-state index contributed by atoms with van der Waals surface area (Å²) in [6.07, 6.45) is 0.654. The Bertz CT molecular complexity index is 330. The third-order valence-corrected chi connectivity index (χ3v) is 2.88. The summed E-state index contributed by atoms with van der Waals surface area (Å²) in [4.78, 5) is 0. The van der Waals surface area contributed by atoms with E-state index in [1.807, 2.05) is 6.92 Å². The van der Waals surface area contributed by atoms with Gasteiger partial charge in [0.1, 0.15) is 11.6 Å². The highest BCUT2D eigenvalue weighted by atomic mass is 79.9. The molecule has 0 spiro atoms. The average molecular weight is 262 g/mol. The summed E-state index contributed by atoms with van der Waals surface area (Å²) in [5.41, 5.74) is 6.19. The summed E-state index contributed by atoms with van der Waals surface area (Å²) in [6, 6.07) is 2.92. The van der Waals surface area contributed by atoms with Gasteiger partial charge in [-0.3, -0.25) is 0 Å². The Hall–Kier alpha value is -0.610. The Balaban J connectivity index is 2.94. The molecular formula is C10H13BrFNO. The molecule has 0 fully saturated rings. The molecule has 1 rings (SSSR count). The van der Waals surface area contributed by atoms with E-state index in [0.29, 0.717) is 13.0 Å². The summed E-state index contributed by atoms with van der Waals surface area (Å²) in [5, 5.41) is 9.60. The Kier molecular flexibility index (Phi) is 3.89. The molecule has 78 valence electrons. The smallest absolute Gasteiger partial charge is 0.141 e. The number of benzene rings is 1. The fourth-order valence-corrected chi connectivity index (χ4v) is 1.59. The van der Waals surface area contributed by atoms with Gasteiger partial charge >= 0.3 is 0 Å². The van der Waals surface area contributed by atoms with E-state index in [1.54, 1.807) is 6.07 Å². The number of aromatic hydroxyl groups is 1. The molecule has 0 aliphatic heterocycles. The maximum atomic E-state index is 12.9. The average Bonchev–Trinajstić information content (AvgIpc) is 2.19. The van der Waals surface area contributed by atoms with E-state index in [9.17, 15) is 9.50 Å². The molecule has 2 nitrogen and oxygen atoms in total.